The van der Waals surface area contributed by atoms with Crippen LogP contribution in [-0.2, 0) is 10.0 Å². The SMILES string of the molecule is CCCCNS(=O)(=O)c1ccc2[nH]c(=O)[nH]c2c1. The van der Waals surface area contributed by atoms with Crippen molar-refractivity contribution < 1.29 is 8.42 Å². The number of unbranched alkanes of at least 4 members (excludes halogenated alkanes) is 1. The molecule has 1 heterocycles. The number of fused-ring (bicyclic) bond motifs is 1. The molecule has 0 saturated carbocycles. The minimum absolute atomic E-state index is 0.154. The summed E-state index contributed by atoms with van der Waals surface area (Å²) in [4.78, 5) is 16.3. The van der Waals surface area contributed by atoms with Gasteiger partial charge in [0.25, 0.3) is 0 Å². The van der Waals surface area contributed by atoms with Crippen LogP contribution < -0.4 is 10.4 Å². The first kappa shape index (κ1) is 12.8. The maximum atomic E-state index is 11.9. The number of rotatable bonds is 5. The van der Waals surface area contributed by atoms with E-state index in [2.05, 4.69) is 14.7 Å². The largest absolute Gasteiger partial charge is 0.323 e. The first-order valence-electron chi connectivity index (χ1n) is 5.74. The Hall–Kier alpha value is -1.60. The second kappa shape index (κ2) is 4.95. The van der Waals surface area contributed by atoms with Gasteiger partial charge in [-0.15, -0.1) is 0 Å². The van der Waals surface area contributed by atoms with E-state index in [9.17, 15) is 13.2 Å². The van der Waals surface area contributed by atoms with Crippen molar-refractivity contribution in [2.24, 2.45) is 0 Å². The summed E-state index contributed by atoms with van der Waals surface area (Å²) in [7, 11) is -3.50. The van der Waals surface area contributed by atoms with Crippen molar-refractivity contribution in [3.05, 3.63) is 28.7 Å². The van der Waals surface area contributed by atoms with E-state index in [1.165, 1.54) is 12.1 Å². The lowest BCUT2D eigenvalue weighted by molar-refractivity contribution is 0.578. The van der Waals surface area contributed by atoms with Gasteiger partial charge in [-0.25, -0.2) is 17.9 Å². The summed E-state index contributed by atoms with van der Waals surface area (Å²) in [5, 5.41) is 0. The molecule has 0 aliphatic heterocycles. The maximum absolute atomic E-state index is 11.9. The van der Waals surface area contributed by atoms with Gasteiger partial charge < -0.3 is 9.97 Å². The third kappa shape index (κ3) is 2.62. The molecule has 1 aromatic carbocycles. The lowest BCUT2D eigenvalue weighted by Gasteiger charge is -2.05. The second-order valence-corrected chi connectivity index (χ2v) is 5.80. The molecule has 6 nitrogen and oxygen atoms in total. The monoisotopic (exact) mass is 269 g/mol. The summed E-state index contributed by atoms with van der Waals surface area (Å²) in [5.74, 6) is 0. The third-order valence-corrected chi connectivity index (χ3v) is 4.08. The molecule has 0 radical (unpaired) electrons. The molecule has 7 heteroatoms. The lowest BCUT2D eigenvalue weighted by Crippen LogP contribution is -2.24. The second-order valence-electron chi connectivity index (χ2n) is 4.04. The van der Waals surface area contributed by atoms with E-state index in [1.54, 1.807) is 6.07 Å². The molecule has 98 valence electrons. The quantitative estimate of drug-likeness (QED) is 0.705. The highest BCUT2D eigenvalue weighted by Gasteiger charge is 2.14. The minimum Gasteiger partial charge on any atom is -0.306 e. The molecule has 0 atom stereocenters. The van der Waals surface area contributed by atoms with Crippen LogP contribution >= 0.6 is 0 Å². The molecule has 0 bridgehead atoms. The van der Waals surface area contributed by atoms with Crippen molar-refractivity contribution >= 4 is 21.1 Å². The van der Waals surface area contributed by atoms with Gasteiger partial charge in [-0.1, -0.05) is 13.3 Å². The number of sulfonamides is 1. The summed E-state index contributed by atoms with van der Waals surface area (Å²) in [6.07, 6.45) is 1.72. The molecule has 0 saturated heterocycles. The van der Waals surface area contributed by atoms with E-state index >= 15 is 0 Å². The Bertz CT molecular complexity index is 700. The van der Waals surface area contributed by atoms with Gasteiger partial charge in [-0.2, -0.15) is 0 Å². The molecule has 0 unspecified atom stereocenters. The van der Waals surface area contributed by atoms with E-state index in [-0.39, 0.29) is 10.6 Å². The van der Waals surface area contributed by atoms with Crippen LogP contribution in [0.5, 0.6) is 0 Å². The summed E-state index contributed by atoms with van der Waals surface area (Å²) >= 11 is 0. The van der Waals surface area contributed by atoms with Crippen LogP contribution in [0, 0.1) is 0 Å². The van der Waals surface area contributed by atoms with Gasteiger partial charge in [0.1, 0.15) is 0 Å². The van der Waals surface area contributed by atoms with Gasteiger partial charge in [0.2, 0.25) is 10.0 Å². The van der Waals surface area contributed by atoms with Crippen molar-refractivity contribution in [1.29, 1.82) is 0 Å². The minimum atomic E-state index is -3.50. The van der Waals surface area contributed by atoms with Crippen LogP contribution in [0.3, 0.4) is 0 Å². The van der Waals surface area contributed by atoms with E-state index in [1.807, 2.05) is 6.92 Å². The average molecular weight is 269 g/mol. The number of hydrogen-bond donors (Lipinski definition) is 3. The smallest absolute Gasteiger partial charge is 0.306 e. The number of aromatic nitrogens is 2. The van der Waals surface area contributed by atoms with Gasteiger partial charge in [0.15, 0.2) is 0 Å². The van der Waals surface area contributed by atoms with Crippen LogP contribution in [0.2, 0.25) is 0 Å². The molecule has 0 fully saturated rings. The number of imidazole rings is 1. The predicted octanol–water partition coefficient (Wildman–Crippen LogP) is 0.935. The van der Waals surface area contributed by atoms with E-state index in [0.717, 1.165) is 12.8 Å². The average Bonchev–Trinajstić information content (AvgIpc) is 2.68. The van der Waals surface area contributed by atoms with Gasteiger partial charge >= 0.3 is 5.69 Å². The number of hydrogen-bond acceptors (Lipinski definition) is 3. The Kier molecular flexibility index (Phi) is 3.53. The van der Waals surface area contributed by atoms with Crippen molar-refractivity contribution in [3.8, 4) is 0 Å². The summed E-state index contributed by atoms with van der Waals surface area (Å²) in [6.45, 7) is 2.41. The Labute approximate surface area is 104 Å². The van der Waals surface area contributed by atoms with Crippen LogP contribution in [0.1, 0.15) is 19.8 Å². The van der Waals surface area contributed by atoms with Gasteiger partial charge in [0.05, 0.1) is 15.9 Å². The number of H-pyrrole nitrogens is 2. The molecule has 0 spiro atoms. The molecule has 1 aromatic heterocycles. The highest BCUT2D eigenvalue weighted by atomic mass is 32.2. The first-order chi connectivity index (χ1) is 8.53. The Morgan fingerprint density at radius 1 is 1.22 bits per heavy atom. The van der Waals surface area contributed by atoms with Crippen molar-refractivity contribution in [1.82, 2.24) is 14.7 Å². The van der Waals surface area contributed by atoms with E-state index < -0.39 is 10.0 Å². The van der Waals surface area contributed by atoms with Crippen LogP contribution in [0.25, 0.3) is 11.0 Å². The van der Waals surface area contributed by atoms with E-state index in [0.29, 0.717) is 17.6 Å². The molecule has 3 N–H and O–H groups in total. The number of nitrogens with one attached hydrogen (secondary N) is 3. The predicted molar refractivity (Wildman–Crippen MR) is 69.0 cm³/mol. The van der Waals surface area contributed by atoms with Gasteiger partial charge in [-0.05, 0) is 24.6 Å². The fourth-order valence-corrected chi connectivity index (χ4v) is 2.75. The molecule has 2 rings (SSSR count). The molecule has 0 aliphatic carbocycles. The summed E-state index contributed by atoms with van der Waals surface area (Å²) < 4.78 is 26.4. The standard InChI is InChI=1S/C11H15N3O3S/c1-2-3-6-12-18(16,17)8-4-5-9-10(7-8)14-11(15)13-9/h4-5,7,12H,2-3,6H2,1H3,(H2,13,14,15). The number of benzene rings is 1. The molecule has 18 heavy (non-hydrogen) atoms. The summed E-state index contributed by atoms with van der Waals surface area (Å²) in [5.41, 5.74) is 0.726. The normalized spacial score (nSPS) is 12.1. The number of aromatic amines is 2. The Morgan fingerprint density at radius 3 is 2.67 bits per heavy atom. The molecular weight excluding hydrogens is 254 g/mol. The first-order valence-corrected chi connectivity index (χ1v) is 7.23. The molecule has 2 aromatic rings. The maximum Gasteiger partial charge on any atom is 0.323 e. The van der Waals surface area contributed by atoms with Crippen LogP contribution in [0.15, 0.2) is 27.9 Å². The summed E-state index contributed by atoms with van der Waals surface area (Å²) in [6, 6.07) is 4.49. The zero-order valence-corrected chi connectivity index (χ0v) is 10.8. The van der Waals surface area contributed by atoms with Crippen LogP contribution in [0.4, 0.5) is 0 Å². The van der Waals surface area contributed by atoms with Crippen LogP contribution in [-0.4, -0.2) is 24.9 Å². The molecular formula is C11H15N3O3S. The fourth-order valence-electron chi connectivity index (χ4n) is 1.65. The molecule has 0 amide bonds. The third-order valence-electron chi connectivity index (χ3n) is 2.62. The highest BCUT2D eigenvalue weighted by molar-refractivity contribution is 7.89. The molecule has 0 aliphatic rings. The zero-order chi connectivity index (χ0) is 13.2. The fraction of sp³-hybridized carbons (Fsp3) is 0.364. The Morgan fingerprint density at radius 2 is 1.94 bits per heavy atom. The van der Waals surface area contributed by atoms with Gasteiger partial charge in [0, 0.05) is 6.54 Å². The highest BCUT2D eigenvalue weighted by Crippen LogP contribution is 2.14. The topological polar surface area (TPSA) is 94.8 Å². The van der Waals surface area contributed by atoms with E-state index in [4.69, 9.17) is 0 Å². The lowest BCUT2D eigenvalue weighted by atomic mass is 10.3. The van der Waals surface area contributed by atoms with Crippen molar-refractivity contribution in [3.63, 3.8) is 0 Å². The van der Waals surface area contributed by atoms with Gasteiger partial charge in [-0.3, -0.25) is 0 Å². The van der Waals surface area contributed by atoms with Crippen molar-refractivity contribution in [2.75, 3.05) is 6.54 Å². The van der Waals surface area contributed by atoms with Crippen molar-refractivity contribution in [2.45, 2.75) is 24.7 Å². The zero-order valence-electron chi connectivity index (χ0n) is 9.99. The Balaban J connectivity index is 2.32.